The number of ether oxygens (including phenoxy) is 1. The van der Waals surface area contributed by atoms with Gasteiger partial charge in [0.25, 0.3) is 0 Å². The summed E-state index contributed by atoms with van der Waals surface area (Å²) in [5, 5.41) is 0. The first-order chi connectivity index (χ1) is 8.25. The van der Waals surface area contributed by atoms with Gasteiger partial charge in [0.1, 0.15) is 0 Å². The van der Waals surface area contributed by atoms with E-state index in [1.54, 1.807) is 0 Å². The van der Waals surface area contributed by atoms with E-state index in [-0.39, 0.29) is 0 Å². The zero-order chi connectivity index (χ0) is 11.8. The molecule has 0 aromatic rings. The molecule has 3 nitrogen and oxygen atoms in total. The normalized spacial score (nSPS) is 42.5. The molecular weight excluding hydrogens is 212 g/mol. The maximum absolute atomic E-state index is 6.39. The van der Waals surface area contributed by atoms with Crippen molar-refractivity contribution >= 4 is 0 Å². The molecule has 3 heteroatoms. The van der Waals surface area contributed by atoms with Gasteiger partial charge in [-0.3, -0.25) is 0 Å². The van der Waals surface area contributed by atoms with Crippen LogP contribution in [0.1, 0.15) is 32.1 Å². The topological polar surface area (TPSA) is 38.5 Å². The quantitative estimate of drug-likeness (QED) is 0.809. The van der Waals surface area contributed by atoms with Gasteiger partial charge in [-0.05, 0) is 56.9 Å². The molecule has 17 heavy (non-hydrogen) atoms. The van der Waals surface area contributed by atoms with Crippen LogP contribution in [0.5, 0.6) is 0 Å². The van der Waals surface area contributed by atoms with Gasteiger partial charge in [-0.15, -0.1) is 0 Å². The van der Waals surface area contributed by atoms with E-state index in [4.69, 9.17) is 10.5 Å². The van der Waals surface area contributed by atoms with Crippen molar-refractivity contribution in [2.24, 2.45) is 23.5 Å². The van der Waals surface area contributed by atoms with Crippen molar-refractivity contribution in [2.75, 3.05) is 26.8 Å². The van der Waals surface area contributed by atoms with Crippen LogP contribution in [0.3, 0.4) is 0 Å². The lowest BCUT2D eigenvalue weighted by Crippen LogP contribution is -2.46. The summed E-state index contributed by atoms with van der Waals surface area (Å²) in [7, 11) is 2.29. The van der Waals surface area contributed by atoms with Crippen LogP contribution in [0, 0.1) is 17.8 Å². The minimum Gasteiger partial charge on any atom is -0.381 e. The van der Waals surface area contributed by atoms with Gasteiger partial charge in [-0.1, -0.05) is 0 Å². The third kappa shape index (κ3) is 2.25. The maximum Gasteiger partial charge on any atom is 0.0480 e. The smallest absolute Gasteiger partial charge is 0.0480 e. The standard InChI is InChI=1S/C14H26N2O/c1-16(12-4-6-17-7-5-12)9-13-10-2-3-11(8-10)14(13)15/h10-14H,2-9,15H2,1H3. The Labute approximate surface area is 105 Å². The van der Waals surface area contributed by atoms with E-state index in [9.17, 15) is 0 Å². The summed E-state index contributed by atoms with van der Waals surface area (Å²) < 4.78 is 5.44. The summed E-state index contributed by atoms with van der Waals surface area (Å²) in [6, 6.07) is 1.21. The monoisotopic (exact) mass is 238 g/mol. The number of rotatable bonds is 3. The summed E-state index contributed by atoms with van der Waals surface area (Å²) in [5.41, 5.74) is 6.39. The Bertz CT molecular complexity index is 263. The largest absolute Gasteiger partial charge is 0.381 e. The Morgan fingerprint density at radius 3 is 2.47 bits per heavy atom. The van der Waals surface area contributed by atoms with E-state index in [0.29, 0.717) is 6.04 Å². The van der Waals surface area contributed by atoms with Crippen molar-refractivity contribution in [3.05, 3.63) is 0 Å². The van der Waals surface area contributed by atoms with Gasteiger partial charge in [-0.25, -0.2) is 0 Å². The highest BCUT2D eigenvalue weighted by Crippen LogP contribution is 2.47. The lowest BCUT2D eigenvalue weighted by Gasteiger charge is -2.37. The molecular formula is C14H26N2O. The highest BCUT2D eigenvalue weighted by Gasteiger charge is 2.46. The van der Waals surface area contributed by atoms with Crippen molar-refractivity contribution < 1.29 is 4.74 Å². The Morgan fingerprint density at radius 2 is 1.82 bits per heavy atom. The zero-order valence-corrected chi connectivity index (χ0v) is 11.0. The van der Waals surface area contributed by atoms with Gasteiger partial charge in [0.2, 0.25) is 0 Å². The first kappa shape index (κ1) is 11.9. The third-order valence-electron chi connectivity index (χ3n) is 5.47. The van der Waals surface area contributed by atoms with Crippen molar-refractivity contribution in [3.8, 4) is 0 Å². The molecule has 0 amide bonds. The van der Waals surface area contributed by atoms with E-state index in [2.05, 4.69) is 11.9 Å². The molecule has 1 heterocycles. The second-order valence-electron chi connectivity index (χ2n) is 6.36. The SMILES string of the molecule is CN(CC1C2CCC(C2)C1N)C1CCOCC1. The molecule has 98 valence electrons. The average molecular weight is 238 g/mol. The Kier molecular flexibility index (Phi) is 3.42. The lowest BCUT2D eigenvalue weighted by atomic mass is 9.84. The fourth-order valence-corrected chi connectivity index (χ4v) is 4.33. The van der Waals surface area contributed by atoms with Gasteiger partial charge in [-0.2, -0.15) is 0 Å². The predicted molar refractivity (Wildman–Crippen MR) is 68.8 cm³/mol. The molecule has 2 N–H and O–H groups in total. The fourth-order valence-electron chi connectivity index (χ4n) is 4.33. The van der Waals surface area contributed by atoms with Crippen LogP contribution in [0.25, 0.3) is 0 Å². The highest BCUT2D eigenvalue weighted by molar-refractivity contribution is 5.00. The second-order valence-corrected chi connectivity index (χ2v) is 6.36. The average Bonchev–Trinajstić information content (AvgIpc) is 2.94. The van der Waals surface area contributed by atoms with E-state index >= 15 is 0 Å². The van der Waals surface area contributed by atoms with Crippen LogP contribution in [-0.4, -0.2) is 43.8 Å². The van der Waals surface area contributed by atoms with Gasteiger partial charge < -0.3 is 15.4 Å². The lowest BCUT2D eigenvalue weighted by molar-refractivity contribution is 0.0337. The summed E-state index contributed by atoms with van der Waals surface area (Å²) in [4.78, 5) is 2.56. The van der Waals surface area contributed by atoms with Crippen LogP contribution in [-0.2, 0) is 4.74 Å². The number of fused-ring (bicyclic) bond motifs is 2. The van der Waals surface area contributed by atoms with Crippen LogP contribution in [0.2, 0.25) is 0 Å². The fraction of sp³-hybridized carbons (Fsp3) is 1.00. The van der Waals surface area contributed by atoms with Gasteiger partial charge >= 0.3 is 0 Å². The third-order valence-corrected chi connectivity index (χ3v) is 5.47. The zero-order valence-electron chi connectivity index (χ0n) is 11.0. The van der Waals surface area contributed by atoms with Gasteiger partial charge in [0, 0.05) is 31.8 Å². The Morgan fingerprint density at radius 1 is 1.12 bits per heavy atom. The van der Waals surface area contributed by atoms with Crippen LogP contribution in [0.4, 0.5) is 0 Å². The molecule has 0 aromatic carbocycles. The van der Waals surface area contributed by atoms with E-state index in [1.807, 2.05) is 0 Å². The van der Waals surface area contributed by atoms with Crippen LogP contribution >= 0.6 is 0 Å². The number of nitrogens with two attached hydrogens (primary N) is 1. The van der Waals surface area contributed by atoms with E-state index in [0.717, 1.165) is 37.0 Å². The van der Waals surface area contributed by atoms with Crippen molar-refractivity contribution in [1.82, 2.24) is 4.90 Å². The van der Waals surface area contributed by atoms with Gasteiger partial charge in [0.15, 0.2) is 0 Å². The molecule has 0 spiro atoms. The molecule has 1 aliphatic heterocycles. The maximum atomic E-state index is 6.39. The van der Waals surface area contributed by atoms with Crippen molar-refractivity contribution in [1.29, 1.82) is 0 Å². The molecule has 3 aliphatic rings. The summed E-state index contributed by atoms with van der Waals surface area (Å²) >= 11 is 0. The molecule has 0 radical (unpaired) electrons. The molecule has 2 bridgehead atoms. The summed E-state index contributed by atoms with van der Waals surface area (Å²) in [6.45, 7) is 3.10. The highest BCUT2D eigenvalue weighted by atomic mass is 16.5. The van der Waals surface area contributed by atoms with Crippen molar-refractivity contribution in [2.45, 2.75) is 44.2 Å². The molecule has 2 aliphatic carbocycles. The molecule has 4 unspecified atom stereocenters. The summed E-state index contributed by atoms with van der Waals surface area (Å²) in [6.07, 6.45) is 6.64. The van der Waals surface area contributed by atoms with Crippen LogP contribution in [0.15, 0.2) is 0 Å². The number of hydrogen-bond acceptors (Lipinski definition) is 3. The molecule has 3 fully saturated rings. The van der Waals surface area contributed by atoms with E-state index < -0.39 is 0 Å². The number of hydrogen-bond donors (Lipinski definition) is 1. The predicted octanol–water partition coefficient (Wildman–Crippen LogP) is 1.47. The Balaban J connectivity index is 1.55. The Hall–Kier alpha value is -0.120. The van der Waals surface area contributed by atoms with Crippen molar-refractivity contribution in [3.63, 3.8) is 0 Å². The molecule has 4 atom stereocenters. The molecule has 2 saturated carbocycles. The number of nitrogens with zero attached hydrogens (tertiary/aromatic N) is 1. The summed E-state index contributed by atoms with van der Waals surface area (Å²) in [5.74, 6) is 2.53. The minimum absolute atomic E-state index is 0.482. The molecule has 3 rings (SSSR count). The molecule has 1 saturated heterocycles. The van der Waals surface area contributed by atoms with Gasteiger partial charge in [0.05, 0.1) is 0 Å². The molecule has 0 aromatic heterocycles. The first-order valence-electron chi connectivity index (χ1n) is 7.29. The van der Waals surface area contributed by atoms with E-state index in [1.165, 1.54) is 38.6 Å². The second kappa shape index (κ2) is 4.87. The first-order valence-corrected chi connectivity index (χ1v) is 7.29. The van der Waals surface area contributed by atoms with Crippen LogP contribution < -0.4 is 5.73 Å². The minimum atomic E-state index is 0.482.